The molecule has 4 nitrogen and oxygen atoms in total. The number of hydrogen-bond acceptors (Lipinski definition) is 4. The van der Waals surface area contributed by atoms with Crippen LogP contribution in [0.15, 0.2) is 34.7 Å². The summed E-state index contributed by atoms with van der Waals surface area (Å²) in [4.78, 5) is 0. The second kappa shape index (κ2) is 5.34. The average molecular weight is 246 g/mol. The molecule has 1 aromatic carbocycles. The van der Waals surface area contributed by atoms with E-state index in [1.54, 1.807) is 12.1 Å². The molecule has 0 unspecified atom stereocenters. The number of rotatable bonds is 4. The lowest BCUT2D eigenvalue weighted by molar-refractivity contribution is 0.244. The van der Waals surface area contributed by atoms with E-state index in [9.17, 15) is 4.39 Å². The zero-order valence-electron chi connectivity index (χ0n) is 9.48. The van der Waals surface area contributed by atoms with Crippen LogP contribution in [0.3, 0.4) is 0 Å². The van der Waals surface area contributed by atoms with Gasteiger partial charge in [-0.2, -0.15) is 5.26 Å². The third-order valence-corrected chi connectivity index (χ3v) is 2.43. The first-order chi connectivity index (χ1) is 8.72. The van der Waals surface area contributed by atoms with Gasteiger partial charge in [0.25, 0.3) is 0 Å². The van der Waals surface area contributed by atoms with Gasteiger partial charge in [-0.1, -0.05) is 0 Å². The topological polar surface area (TPSA) is 69.2 Å². The second-order valence-electron chi connectivity index (χ2n) is 3.68. The van der Waals surface area contributed by atoms with Gasteiger partial charge in [-0.05, 0) is 30.3 Å². The highest BCUT2D eigenvalue weighted by molar-refractivity contribution is 5.57. The summed E-state index contributed by atoms with van der Waals surface area (Å²) in [5, 5.41) is 20.7. The molecule has 18 heavy (non-hydrogen) atoms. The highest BCUT2D eigenvalue weighted by atomic mass is 19.1. The van der Waals surface area contributed by atoms with Crippen LogP contribution in [0.4, 0.5) is 10.1 Å². The van der Waals surface area contributed by atoms with Crippen LogP contribution in [-0.2, 0) is 13.2 Å². The molecule has 0 bridgehead atoms. The fourth-order valence-corrected chi connectivity index (χ4v) is 1.55. The Morgan fingerprint density at radius 2 is 2.06 bits per heavy atom. The van der Waals surface area contributed by atoms with Gasteiger partial charge in [-0.15, -0.1) is 0 Å². The van der Waals surface area contributed by atoms with Crippen molar-refractivity contribution in [3.63, 3.8) is 0 Å². The Bertz CT molecular complexity index is 587. The lowest BCUT2D eigenvalue weighted by atomic mass is 10.2. The van der Waals surface area contributed by atoms with Crippen LogP contribution >= 0.6 is 0 Å². The number of hydrogen-bond donors (Lipinski definition) is 2. The maximum absolute atomic E-state index is 12.9. The molecule has 0 saturated heterocycles. The Morgan fingerprint density at radius 3 is 2.72 bits per heavy atom. The van der Waals surface area contributed by atoms with Crippen molar-refractivity contribution >= 4 is 5.69 Å². The highest BCUT2D eigenvalue weighted by Gasteiger charge is 2.05. The van der Waals surface area contributed by atoms with Crippen molar-refractivity contribution in [1.29, 1.82) is 5.26 Å². The Kier molecular flexibility index (Phi) is 3.60. The van der Waals surface area contributed by atoms with E-state index in [1.165, 1.54) is 18.2 Å². The summed E-state index contributed by atoms with van der Waals surface area (Å²) in [6.07, 6.45) is 0. The van der Waals surface area contributed by atoms with Crippen molar-refractivity contribution in [2.24, 2.45) is 0 Å². The molecular formula is C13H11FN2O2. The third-order valence-electron chi connectivity index (χ3n) is 2.43. The van der Waals surface area contributed by atoms with Crippen LogP contribution in [0.25, 0.3) is 0 Å². The van der Waals surface area contributed by atoms with Gasteiger partial charge < -0.3 is 14.8 Å². The standard InChI is InChI=1S/C13H11FN2O2/c14-10-1-4-13(9(5-10)6-15)16-7-11-2-3-12(8-17)18-11/h1-5,16-17H,7-8H2. The Balaban J connectivity index is 2.08. The van der Waals surface area contributed by atoms with Crippen molar-refractivity contribution in [2.45, 2.75) is 13.2 Å². The van der Waals surface area contributed by atoms with Crippen molar-refractivity contribution in [3.05, 3.63) is 53.2 Å². The molecule has 0 fully saturated rings. The normalized spacial score (nSPS) is 10.1. The van der Waals surface area contributed by atoms with Crippen LogP contribution in [0.2, 0.25) is 0 Å². The van der Waals surface area contributed by atoms with E-state index in [2.05, 4.69) is 5.32 Å². The summed E-state index contributed by atoms with van der Waals surface area (Å²) >= 11 is 0. The van der Waals surface area contributed by atoms with Gasteiger partial charge in [0.1, 0.15) is 30.0 Å². The van der Waals surface area contributed by atoms with E-state index in [0.717, 1.165) is 0 Å². The lowest BCUT2D eigenvalue weighted by Gasteiger charge is -2.06. The Morgan fingerprint density at radius 1 is 1.28 bits per heavy atom. The number of nitrogens with zero attached hydrogens (tertiary/aromatic N) is 1. The van der Waals surface area contributed by atoms with Gasteiger partial charge in [0.05, 0.1) is 17.8 Å². The quantitative estimate of drug-likeness (QED) is 0.869. The number of benzene rings is 1. The summed E-state index contributed by atoms with van der Waals surface area (Å²) in [7, 11) is 0. The van der Waals surface area contributed by atoms with E-state index in [1.807, 2.05) is 6.07 Å². The number of nitriles is 1. The molecule has 0 aliphatic heterocycles. The first kappa shape index (κ1) is 12.1. The maximum Gasteiger partial charge on any atom is 0.129 e. The number of furan rings is 1. The number of aliphatic hydroxyl groups excluding tert-OH is 1. The number of halogens is 1. The molecule has 0 radical (unpaired) electrons. The van der Waals surface area contributed by atoms with Crippen molar-refractivity contribution in [1.82, 2.24) is 0 Å². The van der Waals surface area contributed by atoms with E-state index in [-0.39, 0.29) is 12.2 Å². The highest BCUT2D eigenvalue weighted by Crippen LogP contribution is 2.17. The summed E-state index contributed by atoms with van der Waals surface area (Å²) in [6.45, 7) is 0.209. The molecule has 92 valence electrons. The summed E-state index contributed by atoms with van der Waals surface area (Å²) < 4.78 is 18.2. The van der Waals surface area contributed by atoms with E-state index < -0.39 is 5.82 Å². The van der Waals surface area contributed by atoms with Crippen LogP contribution < -0.4 is 5.32 Å². The van der Waals surface area contributed by atoms with Gasteiger partial charge >= 0.3 is 0 Å². The predicted molar refractivity (Wildman–Crippen MR) is 63.1 cm³/mol. The molecule has 0 saturated carbocycles. The molecule has 0 aliphatic rings. The van der Waals surface area contributed by atoms with E-state index in [0.29, 0.717) is 23.8 Å². The molecule has 2 N–H and O–H groups in total. The minimum Gasteiger partial charge on any atom is -0.462 e. The van der Waals surface area contributed by atoms with Gasteiger partial charge in [-0.25, -0.2) is 4.39 Å². The summed E-state index contributed by atoms with van der Waals surface area (Å²) in [6, 6.07) is 9.28. The van der Waals surface area contributed by atoms with Crippen LogP contribution in [0.1, 0.15) is 17.1 Å². The second-order valence-corrected chi connectivity index (χ2v) is 3.68. The van der Waals surface area contributed by atoms with Crippen LogP contribution in [0, 0.1) is 17.1 Å². The molecule has 0 aliphatic carbocycles. The molecule has 1 heterocycles. The van der Waals surface area contributed by atoms with Gasteiger partial charge in [0.2, 0.25) is 0 Å². The van der Waals surface area contributed by atoms with Gasteiger partial charge in [-0.3, -0.25) is 0 Å². The van der Waals surface area contributed by atoms with E-state index in [4.69, 9.17) is 14.8 Å². The molecule has 0 spiro atoms. The smallest absolute Gasteiger partial charge is 0.129 e. The molecule has 1 aromatic heterocycles. The first-order valence-corrected chi connectivity index (χ1v) is 5.35. The summed E-state index contributed by atoms with van der Waals surface area (Å²) in [5.41, 5.74) is 0.782. The number of anilines is 1. The van der Waals surface area contributed by atoms with Crippen molar-refractivity contribution in [3.8, 4) is 6.07 Å². The Labute approximate surface area is 103 Å². The minimum absolute atomic E-state index is 0.153. The fraction of sp³-hybridized carbons (Fsp3) is 0.154. The fourth-order valence-electron chi connectivity index (χ4n) is 1.55. The zero-order valence-corrected chi connectivity index (χ0v) is 9.48. The van der Waals surface area contributed by atoms with Crippen LogP contribution in [0.5, 0.6) is 0 Å². The van der Waals surface area contributed by atoms with E-state index >= 15 is 0 Å². The van der Waals surface area contributed by atoms with Crippen LogP contribution in [-0.4, -0.2) is 5.11 Å². The lowest BCUT2D eigenvalue weighted by Crippen LogP contribution is -2.00. The molecule has 0 atom stereocenters. The third kappa shape index (κ3) is 2.67. The Hall–Kier alpha value is -2.32. The largest absolute Gasteiger partial charge is 0.462 e. The SMILES string of the molecule is N#Cc1cc(F)ccc1NCc1ccc(CO)o1. The molecular weight excluding hydrogens is 235 g/mol. The molecule has 0 amide bonds. The van der Waals surface area contributed by atoms with Gasteiger partial charge in [0, 0.05) is 0 Å². The molecule has 5 heteroatoms. The van der Waals surface area contributed by atoms with Gasteiger partial charge in [0.15, 0.2) is 0 Å². The minimum atomic E-state index is -0.447. The first-order valence-electron chi connectivity index (χ1n) is 5.35. The molecule has 2 rings (SSSR count). The van der Waals surface area contributed by atoms with Crippen molar-refractivity contribution in [2.75, 3.05) is 5.32 Å². The molecule has 2 aromatic rings. The number of nitrogens with one attached hydrogen (secondary N) is 1. The van der Waals surface area contributed by atoms with Crippen molar-refractivity contribution < 1.29 is 13.9 Å². The predicted octanol–water partition coefficient (Wildman–Crippen LogP) is 2.39. The average Bonchev–Trinajstić information content (AvgIpc) is 2.85. The number of aliphatic hydroxyl groups is 1. The zero-order chi connectivity index (χ0) is 13.0. The maximum atomic E-state index is 12.9. The monoisotopic (exact) mass is 246 g/mol. The summed E-state index contributed by atoms with van der Waals surface area (Å²) in [5.74, 6) is 0.663.